The van der Waals surface area contributed by atoms with Gasteiger partial charge in [-0.2, -0.15) is 5.10 Å². The molecular formula is C26H32N4O5. The Morgan fingerprint density at radius 3 is 2.37 bits per heavy atom. The normalized spacial score (nSPS) is 18.8. The molecule has 0 saturated carbocycles. The third-order valence-electron chi connectivity index (χ3n) is 6.73. The average Bonchev–Trinajstić information content (AvgIpc) is 3.34. The Morgan fingerprint density at radius 2 is 1.71 bits per heavy atom. The monoisotopic (exact) mass is 480 g/mol. The zero-order valence-electron chi connectivity index (χ0n) is 20.4. The minimum Gasteiger partial charge on any atom is -0.497 e. The van der Waals surface area contributed by atoms with Crippen LogP contribution in [-0.4, -0.2) is 68.4 Å². The van der Waals surface area contributed by atoms with Crippen molar-refractivity contribution in [1.82, 2.24) is 9.91 Å². The molecule has 9 heteroatoms. The van der Waals surface area contributed by atoms with Crippen LogP contribution in [0.1, 0.15) is 36.4 Å². The van der Waals surface area contributed by atoms with Crippen molar-refractivity contribution in [3.63, 3.8) is 0 Å². The van der Waals surface area contributed by atoms with Crippen LogP contribution in [0.15, 0.2) is 47.6 Å². The molecule has 2 aromatic carbocycles. The second-order valence-electron chi connectivity index (χ2n) is 8.77. The Bertz CT molecular complexity index is 1110. The Balaban J connectivity index is 1.64. The minimum atomic E-state index is -0.365. The maximum Gasteiger partial charge on any atom is 0.257 e. The molecule has 1 unspecified atom stereocenters. The fourth-order valence-corrected chi connectivity index (χ4v) is 4.77. The van der Waals surface area contributed by atoms with Crippen LogP contribution < -0.4 is 19.9 Å². The number of hydrogen-bond acceptors (Lipinski definition) is 7. The summed E-state index contributed by atoms with van der Waals surface area (Å²) in [7, 11) is 4.84. The van der Waals surface area contributed by atoms with Crippen LogP contribution in [0.4, 0.5) is 0 Å². The highest BCUT2D eigenvalue weighted by molar-refractivity contribution is 6.05. The molecule has 2 amide bonds. The number of piperidine rings is 1. The van der Waals surface area contributed by atoms with E-state index in [0.29, 0.717) is 49.6 Å². The number of likely N-dealkylation sites (tertiary alicyclic amines) is 1. The number of carbonyl (C=O) groups is 2. The molecule has 2 aliphatic rings. The Labute approximate surface area is 205 Å². The number of hydrogen-bond donors (Lipinski definition) is 1. The number of primary amides is 1. The molecule has 2 aromatic rings. The highest BCUT2D eigenvalue weighted by Crippen LogP contribution is 2.40. The molecule has 2 aliphatic heterocycles. The van der Waals surface area contributed by atoms with Gasteiger partial charge in [-0.15, -0.1) is 0 Å². The van der Waals surface area contributed by atoms with Crippen LogP contribution in [0.3, 0.4) is 0 Å². The van der Waals surface area contributed by atoms with Crippen LogP contribution in [0.5, 0.6) is 17.2 Å². The van der Waals surface area contributed by atoms with E-state index < -0.39 is 0 Å². The van der Waals surface area contributed by atoms with Crippen molar-refractivity contribution in [2.75, 3.05) is 41.0 Å². The van der Waals surface area contributed by atoms with Crippen LogP contribution in [0.2, 0.25) is 0 Å². The molecule has 4 rings (SSSR count). The summed E-state index contributed by atoms with van der Waals surface area (Å²) in [5.41, 5.74) is 7.89. The number of hydrazone groups is 1. The number of benzene rings is 2. The van der Waals surface area contributed by atoms with E-state index in [1.54, 1.807) is 26.3 Å². The largest absolute Gasteiger partial charge is 0.497 e. The molecule has 0 bridgehead atoms. The lowest BCUT2D eigenvalue weighted by Crippen LogP contribution is -2.44. The Hall–Kier alpha value is -3.59. The topological polar surface area (TPSA) is 107 Å². The van der Waals surface area contributed by atoms with E-state index in [4.69, 9.17) is 25.0 Å². The van der Waals surface area contributed by atoms with Gasteiger partial charge in [-0.05, 0) is 56.3 Å². The molecule has 9 nitrogen and oxygen atoms in total. The molecule has 2 heterocycles. The first-order chi connectivity index (χ1) is 16.9. The van der Waals surface area contributed by atoms with Gasteiger partial charge >= 0.3 is 0 Å². The highest BCUT2D eigenvalue weighted by Gasteiger charge is 2.37. The zero-order valence-corrected chi connectivity index (χ0v) is 20.4. The number of methoxy groups -OCH3 is 3. The van der Waals surface area contributed by atoms with E-state index >= 15 is 0 Å². The van der Waals surface area contributed by atoms with Gasteiger partial charge in [0.25, 0.3) is 5.91 Å². The van der Waals surface area contributed by atoms with Crippen LogP contribution >= 0.6 is 0 Å². The predicted molar refractivity (Wildman–Crippen MR) is 132 cm³/mol. The van der Waals surface area contributed by atoms with E-state index in [2.05, 4.69) is 4.90 Å². The molecule has 1 atom stereocenters. The first-order valence-electron chi connectivity index (χ1n) is 11.7. The highest BCUT2D eigenvalue weighted by atomic mass is 16.5. The van der Waals surface area contributed by atoms with Gasteiger partial charge < -0.3 is 19.9 Å². The summed E-state index contributed by atoms with van der Waals surface area (Å²) in [5, 5.41) is 6.34. The van der Waals surface area contributed by atoms with Gasteiger partial charge in [-0.3, -0.25) is 14.5 Å². The van der Waals surface area contributed by atoms with Crippen molar-refractivity contribution in [2.45, 2.75) is 25.3 Å². The zero-order chi connectivity index (χ0) is 24.9. The number of nitrogens with zero attached hydrogens (tertiary/aromatic N) is 3. The van der Waals surface area contributed by atoms with E-state index in [9.17, 15) is 9.59 Å². The lowest BCUT2D eigenvalue weighted by atomic mass is 9.96. The smallest absolute Gasteiger partial charge is 0.257 e. The standard InChI is InChI=1S/C26H32N4O5/c1-33-18-8-9-24(35-3)20(14-18)22-15-21(19-6-4-5-7-23(19)34-2)28-30(22)25(31)16-29-12-10-17(11-13-29)26(27)32/h4-9,14,17,22H,10-13,15-16H2,1-3H3,(H2,27,32). The lowest BCUT2D eigenvalue weighted by molar-refractivity contribution is -0.134. The first kappa shape index (κ1) is 24.5. The fraction of sp³-hybridized carbons (Fsp3) is 0.423. The quantitative estimate of drug-likeness (QED) is 0.623. The van der Waals surface area contributed by atoms with Gasteiger partial charge in [0.15, 0.2) is 0 Å². The van der Waals surface area contributed by atoms with E-state index in [0.717, 1.165) is 16.8 Å². The molecule has 0 aliphatic carbocycles. The molecular weight excluding hydrogens is 448 g/mol. The van der Waals surface area contributed by atoms with Crippen molar-refractivity contribution in [3.8, 4) is 17.2 Å². The number of nitrogens with two attached hydrogens (primary N) is 1. The summed E-state index contributed by atoms with van der Waals surface area (Å²) in [6, 6.07) is 12.8. The van der Waals surface area contributed by atoms with Crippen LogP contribution in [0, 0.1) is 5.92 Å². The second-order valence-corrected chi connectivity index (χ2v) is 8.77. The van der Waals surface area contributed by atoms with Crippen molar-refractivity contribution in [3.05, 3.63) is 53.6 Å². The molecule has 0 aromatic heterocycles. The molecule has 35 heavy (non-hydrogen) atoms. The maximum atomic E-state index is 13.6. The average molecular weight is 481 g/mol. The number of amides is 2. The van der Waals surface area contributed by atoms with Gasteiger partial charge in [-0.1, -0.05) is 12.1 Å². The molecule has 1 fully saturated rings. The Morgan fingerprint density at radius 1 is 1.00 bits per heavy atom. The summed E-state index contributed by atoms with van der Waals surface area (Å²) in [6.45, 7) is 1.49. The number of ether oxygens (including phenoxy) is 3. The van der Waals surface area contributed by atoms with Gasteiger partial charge in [-0.25, -0.2) is 5.01 Å². The molecule has 186 valence electrons. The Kier molecular flexibility index (Phi) is 7.55. The van der Waals surface area contributed by atoms with Crippen molar-refractivity contribution < 1.29 is 23.8 Å². The van der Waals surface area contributed by atoms with E-state index in [-0.39, 0.29) is 30.3 Å². The summed E-state index contributed by atoms with van der Waals surface area (Å²) >= 11 is 0. The van der Waals surface area contributed by atoms with E-state index in [1.807, 2.05) is 42.5 Å². The van der Waals surface area contributed by atoms with Crippen LogP contribution in [0.25, 0.3) is 0 Å². The molecule has 2 N–H and O–H groups in total. The summed E-state index contributed by atoms with van der Waals surface area (Å²) < 4.78 is 16.6. The number of carbonyl (C=O) groups excluding carboxylic acids is 2. The van der Waals surface area contributed by atoms with Gasteiger partial charge in [0.05, 0.1) is 39.6 Å². The van der Waals surface area contributed by atoms with Crippen molar-refractivity contribution >= 4 is 17.5 Å². The predicted octanol–water partition coefficient (Wildman–Crippen LogP) is 2.59. The van der Waals surface area contributed by atoms with Gasteiger partial charge in [0.2, 0.25) is 5.91 Å². The maximum absolute atomic E-state index is 13.6. The third kappa shape index (κ3) is 5.24. The summed E-state index contributed by atoms with van der Waals surface area (Å²) in [4.78, 5) is 27.1. The van der Waals surface area contributed by atoms with Crippen LogP contribution in [-0.2, 0) is 9.59 Å². The fourth-order valence-electron chi connectivity index (χ4n) is 4.77. The second kappa shape index (κ2) is 10.8. The number of rotatable bonds is 8. The van der Waals surface area contributed by atoms with Crippen molar-refractivity contribution in [1.29, 1.82) is 0 Å². The SMILES string of the molecule is COc1ccc(OC)c(C2CC(c3ccccc3OC)=NN2C(=O)CN2CCC(C(N)=O)CC2)c1. The minimum absolute atomic E-state index is 0.123. The molecule has 0 spiro atoms. The van der Waals surface area contributed by atoms with Crippen molar-refractivity contribution in [2.24, 2.45) is 16.8 Å². The summed E-state index contributed by atoms with van der Waals surface area (Å²) in [5.74, 6) is 1.51. The van der Waals surface area contributed by atoms with Gasteiger partial charge in [0.1, 0.15) is 17.2 Å². The lowest BCUT2D eigenvalue weighted by Gasteiger charge is -2.31. The van der Waals surface area contributed by atoms with Gasteiger partial charge in [0, 0.05) is 23.5 Å². The molecule has 1 saturated heterocycles. The third-order valence-corrected chi connectivity index (χ3v) is 6.73. The number of para-hydroxylation sites is 1. The molecule has 0 radical (unpaired) electrons. The first-order valence-corrected chi connectivity index (χ1v) is 11.7. The summed E-state index contributed by atoms with van der Waals surface area (Å²) in [6.07, 6.45) is 1.82. The van der Waals surface area contributed by atoms with E-state index in [1.165, 1.54) is 0 Å².